The first-order valence-electron chi connectivity index (χ1n) is 10.1. The molecule has 0 bridgehead atoms. The Labute approximate surface area is 186 Å². The van der Waals surface area contributed by atoms with Crippen LogP contribution < -0.4 is 19.9 Å². The van der Waals surface area contributed by atoms with E-state index in [2.05, 4.69) is 23.3 Å². The molecule has 0 saturated heterocycles. The molecule has 1 atom stereocenters. The minimum atomic E-state index is -0.599. The van der Waals surface area contributed by atoms with Crippen LogP contribution in [0.3, 0.4) is 0 Å². The molecule has 0 radical (unpaired) electrons. The summed E-state index contributed by atoms with van der Waals surface area (Å²) in [4.78, 5) is 10.9. The van der Waals surface area contributed by atoms with Crippen LogP contribution in [0.4, 0.5) is 5.82 Å². The number of carbonyl (C=O) groups excluding carboxylic acids is 1. The first kappa shape index (κ1) is 21.2. The molecule has 0 aliphatic heterocycles. The van der Waals surface area contributed by atoms with E-state index in [0.717, 1.165) is 22.4 Å². The van der Waals surface area contributed by atoms with E-state index in [1.54, 1.807) is 32.2 Å². The number of methoxy groups -OCH3 is 3. The lowest BCUT2D eigenvalue weighted by molar-refractivity contribution is -0.104. The zero-order valence-corrected chi connectivity index (χ0v) is 18.2. The minimum absolute atomic E-state index is 0.410. The molecule has 1 aromatic heterocycles. The first-order chi connectivity index (χ1) is 15.6. The Kier molecular flexibility index (Phi) is 5.73. The molecular formula is C25H25N3O4. The number of rotatable bonds is 7. The van der Waals surface area contributed by atoms with Crippen molar-refractivity contribution in [2.45, 2.75) is 11.8 Å². The van der Waals surface area contributed by atoms with Crippen molar-refractivity contribution in [2.24, 2.45) is 0 Å². The van der Waals surface area contributed by atoms with Crippen LogP contribution in [0.25, 0.3) is 12.3 Å². The highest BCUT2D eigenvalue weighted by Crippen LogP contribution is 2.50. The molecule has 2 N–H and O–H groups in total. The lowest BCUT2D eigenvalue weighted by Crippen LogP contribution is -2.32. The van der Waals surface area contributed by atoms with Crippen molar-refractivity contribution in [3.63, 3.8) is 0 Å². The van der Waals surface area contributed by atoms with E-state index >= 15 is 0 Å². The maximum absolute atomic E-state index is 10.9. The SMILES string of the molecule is COc1ccc(C2(c3ccccc3)C=Cc3c(N)nn(C=CC=O)c3C2)c(OC)c1OC. The highest BCUT2D eigenvalue weighted by atomic mass is 16.5. The van der Waals surface area contributed by atoms with Gasteiger partial charge in [-0.2, -0.15) is 5.10 Å². The smallest absolute Gasteiger partial charge is 0.203 e. The Morgan fingerprint density at radius 3 is 2.44 bits per heavy atom. The zero-order valence-electron chi connectivity index (χ0n) is 18.2. The highest BCUT2D eigenvalue weighted by Gasteiger charge is 2.40. The van der Waals surface area contributed by atoms with Gasteiger partial charge in [0.2, 0.25) is 5.75 Å². The molecule has 4 rings (SSSR count). The average Bonchev–Trinajstić information content (AvgIpc) is 3.16. The van der Waals surface area contributed by atoms with Crippen molar-refractivity contribution in [3.8, 4) is 17.2 Å². The number of nitrogens with two attached hydrogens (primary N) is 1. The van der Waals surface area contributed by atoms with Crippen LogP contribution in [0.5, 0.6) is 17.2 Å². The lowest BCUT2D eigenvalue weighted by Gasteiger charge is -2.36. The number of aldehydes is 1. The van der Waals surface area contributed by atoms with Gasteiger partial charge in [0, 0.05) is 29.2 Å². The second kappa shape index (κ2) is 8.63. The van der Waals surface area contributed by atoms with E-state index in [4.69, 9.17) is 19.9 Å². The van der Waals surface area contributed by atoms with Gasteiger partial charge >= 0.3 is 0 Å². The minimum Gasteiger partial charge on any atom is -0.493 e. The standard InChI is InChI=1S/C25H25N3O4/c1-30-21-11-10-19(22(31-2)23(21)32-3)25(17-8-5-4-6-9-17)13-12-18-20(16-25)28(14-7-15-29)27-24(18)26/h4-15H,16H2,1-3H3,(H2,26,27). The van der Waals surface area contributed by atoms with Crippen LogP contribution in [0, 0.1) is 0 Å². The van der Waals surface area contributed by atoms with Gasteiger partial charge in [0.05, 0.1) is 27.0 Å². The fourth-order valence-electron chi connectivity index (χ4n) is 4.37. The molecule has 32 heavy (non-hydrogen) atoms. The number of hydrogen-bond donors (Lipinski definition) is 1. The van der Waals surface area contributed by atoms with Gasteiger partial charge in [0.1, 0.15) is 6.29 Å². The van der Waals surface area contributed by atoms with Crippen molar-refractivity contribution in [1.82, 2.24) is 9.78 Å². The quantitative estimate of drug-likeness (QED) is 0.453. The molecule has 7 nitrogen and oxygen atoms in total. The number of benzene rings is 2. The number of carbonyl (C=O) groups is 1. The summed E-state index contributed by atoms with van der Waals surface area (Å²) in [6, 6.07) is 14.0. The molecule has 1 aliphatic carbocycles. The highest BCUT2D eigenvalue weighted by molar-refractivity contribution is 5.74. The Hall–Kier alpha value is -4.00. The lowest BCUT2D eigenvalue weighted by atomic mass is 9.68. The summed E-state index contributed by atoms with van der Waals surface area (Å²) < 4.78 is 18.7. The number of hydrogen-bond acceptors (Lipinski definition) is 6. The molecule has 7 heteroatoms. The van der Waals surface area contributed by atoms with Crippen LogP contribution in [0.15, 0.2) is 54.6 Å². The Bertz CT molecular complexity index is 1200. The van der Waals surface area contributed by atoms with Gasteiger partial charge in [0.25, 0.3) is 0 Å². The van der Waals surface area contributed by atoms with Crippen molar-refractivity contribution in [2.75, 3.05) is 27.1 Å². The molecule has 2 aromatic carbocycles. The average molecular weight is 431 g/mol. The van der Waals surface area contributed by atoms with Crippen molar-refractivity contribution in [3.05, 3.63) is 77.0 Å². The number of fused-ring (bicyclic) bond motifs is 1. The molecule has 1 aliphatic rings. The number of aromatic nitrogens is 2. The predicted molar refractivity (Wildman–Crippen MR) is 124 cm³/mol. The molecule has 1 unspecified atom stereocenters. The van der Waals surface area contributed by atoms with E-state index < -0.39 is 5.41 Å². The Morgan fingerprint density at radius 2 is 1.78 bits per heavy atom. The maximum atomic E-state index is 10.9. The van der Waals surface area contributed by atoms with Gasteiger partial charge in [-0.05, 0) is 17.7 Å². The molecule has 164 valence electrons. The van der Waals surface area contributed by atoms with Crippen molar-refractivity contribution in [1.29, 1.82) is 0 Å². The number of anilines is 1. The number of allylic oxidation sites excluding steroid dienone is 2. The van der Waals surface area contributed by atoms with Gasteiger partial charge in [-0.3, -0.25) is 4.79 Å². The van der Waals surface area contributed by atoms with Gasteiger partial charge in [0.15, 0.2) is 17.3 Å². The third-order valence-electron chi connectivity index (χ3n) is 5.84. The molecule has 0 saturated carbocycles. The third kappa shape index (κ3) is 3.32. The van der Waals surface area contributed by atoms with Crippen LogP contribution >= 0.6 is 0 Å². The molecule has 3 aromatic rings. The van der Waals surface area contributed by atoms with E-state index in [1.807, 2.05) is 36.4 Å². The van der Waals surface area contributed by atoms with E-state index in [-0.39, 0.29) is 0 Å². The Balaban J connectivity index is 2.00. The molecule has 0 fully saturated rings. The second-order valence-electron chi connectivity index (χ2n) is 7.40. The summed E-state index contributed by atoms with van der Waals surface area (Å²) in [5, 5.41) is 4.41. The first-order valence-corrected chi connectivity index (χ1v) is 10.1. The predicted octanol–water partition coefficient (Wildman–Crippen LogP) is 3.72. The maximum Gasteiger partial charge on any atom is 0.203 e. The van der Waals surface area contributed by atoms with E-state index in [9.17, 15) is 4.79 Å². The van der Waals surface area contributed by atoms with Crippen LogP contribution in [-0.4, -0.2) is 37.4 Å². The molecule has 1 heterocycles. The summed E-state index contributed by atoms with van der Waals surface area (Å²) in [6.07, 6.45) is 8.37. The van der Waals surface area contributed by atoms with Crippen molar-refractivity contribution < 1.29 is 19.0 Å². The van der Waals surface area contributed by atoms with Crippen LogP contribution in [0.2, 0.25) is 0 Å². The monoisotopic (exact) mass is 431 g/mol. The van der Waals surface area contributed by atoms with Gasteiger partial charge in [-0.1, -0.05) is 48.6 Å². The molecular weight excluding hydrogens is 406 g/mol. The molecule has 0 spiro atoms. The second-order valence-corrected chi connectivity index (χ2v) is 7.40. The third-order valence-corrected chi connectivity index (χ3v) is 5.84. The van der Waals surface area contributed by atoms with Crippen LogP contribution in [-0.2, 0) is 16.6 Å². The van der Waals surface area contributed by atoms with E-state index in [1.165, 1.54) is 6.08 Å². The molecule has 0 amide bonds. The van der Waals surface area contributed by atoms with Crippen molar-refractivity contribution >= 4 is 24.4 Å². The summed E-state index contributed by atoms with van der Waals surface area (Å²) in [5.74, 6) is 2.11. The normalized spacial score (nSPS) is 17.2. The summed E-state index contributed by atoms with van der Waals surface area (Å²) in [7, 11) is 4.80. The fourth-order valence-corrected chi connectivity index (χ4v) is 4.37. The van der Waals surface area contributed by atoms with Gasteiger partial charge < -0.3 is 19.9 Å². The fraction of sp³-hybridized carbons (Fsp3) is 0.200. The number of ether oxygens (including phenoxy) is 3. The number of nitrogens with zero attached hydrogens (tertiary/aromatic N) is 2. The van der Waals surface area contributed by atoms with E-state index in [0.29, 0.717) is 35.8 Å². The number of nitrogen functional groups attached to an aromatic ring is 1. The van der Waals surface area contributed by atoms with Gasteiger partial charge in [-0.25, -0.2) is 4.68 Å². The topological polar surface area (TPSA) is 88.6 Å². The van der Waals surface area contributed by atoms with Gasteiger partial charge in [-0.15, -0.1) is 0 Å². The summed E-state index contributed by atoms with van der Waals surface area (Å²) in [6.45, 7) is 0. The largest absolute Gasteiger partial charge is 0.493 e. The summed E-state index contributed by atoms with van der Waals surface area (Å²) in [5.41, 5.74) is 9.29. The Morgan fingerprint density at radius 1 is 1.03 bits per heavy atom. The van der Waals surface area contributed by atoms with Crippen LogP contribution in [0.1, 0.15) is 22.4 Å². The summed E-state index contributed by atoms with van der Waals surface area (Å²) >= 11 is 0. The zero-order chi connectivity index (χ0) is 22.7.